The zero-order chi connectivity index (χ0) is 23.0. The molecule has 0 spiro atoms. The lowest BCUT2D eigenvalue weighted by molar-refractivity contribution is -0.137. The molecule has 32 heavy (non-hydrogen) atoms. The summed E-state index contributed by atoms with van der Waals surface area (Å²) in [7, 11) is -6.60. The highest BCUT2D eigenvalue weighted by Gasteiger charge is 2.38. The highest BCUT2D eigenvalue weighted by atomic mass is 32.3. The zero-order valence-corrected chi connectivity index (χ0v) is 18.6. The van der Waals surface area contributed by atoms with Crippen molar-refractivity contribution < 1.29 is 30.0 Å². The minimum absolute atomic E-state index is 0.0408. The molecule has 3 aromatic rings. The minimum Gasteiger partial charge on any atom is -0.293 e. The van der Waals surface area contributed by atoms with E-state index in [9.17, 15) is 26.4 Å². The molecule has 1 heterocycles. The number of Topliss-reactive ketones (excluding diaryl/α,β-unsaturated/α-hetero) is 1. The van der Waals surface area contributed by atoms with Crippen LogP contribution in [-0.2, 0) is 19.9 Å². The van der Waals surface area contributed by atoms with Crippen LogP contribution in [-0.4, -0.2) is 31.5 Å². The Bertz CT molecular complexity index is 1240. The van der Waals surface area contributed by atoms with E-state index in [2.05, 4.69) is 0 Å². The number of hydrogen-bond acceptors (Lipinski definition) is 4. The summed E-state index contributed by atoms with van der Waals surface area (Å²) in [5, 5.41) is 1.70. The average Bonchev–Trinajstić information content (AvgIpc) is 3.19. The molecule has 1 aliphatic rings. The van der Waals surface area contributed by atoms with Gasteiger partial charge in [0.15, 0.2) is 5.78 Å². The Kier molecular flexibility index (Phi) is 6.08. The monoisotopic (exact) mass is 482 g/mol. The van der Waals surface area contributed by atoms with Gasteiger partial charge in [0.25, 0.3) is 0 Å². The number of benzene rings is 3. The quantitative estimate of drug-likeness (QED) is 0.407. The van der Waals surface area contributed by atoms with Crippen LogP contribution < -0.4 is 0 Å². The van der Waals surface area contributed by atoms with Crippen LogP contribution in [0.1, 0.15) is 28.8 Å². The molecular weight excluding hydrogens is 461 g/mol. The first-order chi connectivity index (χ1) is 15.1. The molecule has 3 aromatic carbocycles. The van der Waals surface area contributed by atoms with Gasteiger partial charge in [-0.05, 0) is 47.9 Å². The van der Waals surface area contributed by atoms with Crippen molar-refractivity contribution in [3.63, 3.8) is 0 Å². The Morgan fingerprint density at radius 2 is 1.53 bits per heavy atom. The molecule has 1 saturated heterocycles. The summed E-state index contributed by atoms with van der Waals surface area (Å²) in [6, 6.07) is 16.1. The van der Waals surface area contributed by atoms with Gasteiger partial charge in [0.1, 0.15) is 0 Å². The first-order valence-electron chi connectivity index (χ1n) is 10.0. The summed E-state index contributed by atoms with van der Waals surface area (Å²) in [6.45, 7) is 0. The molecule has 0 radical (unpaired) electrons. The van der Waals surface area contributed by atoms with E-state index in [0.717, 1.165) is 35.7 Å². The molecule has 0 unspecified atom stereocenters. The van der Waals surface area contributed by atoms with E-state index in [1.165, 1.54) is 0 Å². The van der Waals surface area contributed by atoms with Gasteiger partial charge >= 0.3 is 16.3 Å². The van der Waals surface area contributed by atoms with Gasteiger partial charge in [-0.1, -0.05) is 42.5 Å². The molecule has 0 amide bonds. The van der Waals surface area contributed by atoms with E-state index in [1.807, 2.05) is 30.3 Å². The van der Waals surface area contributed by atoms with Gasteiger partial charge in [-0.15, -0.1) is 10.3 Å². The van der Waals surface area contributed by atoms with E-state index in [1.54, 1.807) is 12.1 Å². The van der Waals surface area contributed by atoms with Gasteiger partial charge in [-0.2, -0.15) is 21.6 Å². The van der Waals surface area contributed by atoms with Crippen molar-refractivity contribution in [2.75, 3.05) is 17.3 Å². The van der Waals surface area contributed by atoms with Gasteiger partial charge < -0.3 is 0 Å². The summed E-state index contributed by atoms with van der Waals surface area (Å²) in [6.07, 6.45) is -3.09. The van der Waals surface area contributed by atoms with Crippen LogP contribution in [0, 0.1) is 0 Å². The molecule has 0 saturated carbocycles. The third-order valence-electron chi connectivity index (χ3n) is 5.47. The molecule has 0 N–H and O–H groups in total. The Morgan fingerprint density at radius 3 is 2.19 bits per heavy atom. The fourth-order valence-electron chi connectivity index (χ4n) is 3.89. The Labute approximate surface area is 186 Å². The number of carbonyl (C=O) groups excluding carboxylic acids is 1. The van der Waals surface area contributed by atoms with Gasteiger partial charge in [0.2, 0.25) is 0 Å². The maximum absolute atomic E-state index is 13.2. The van der Waals surface area contributed by atoms with Crippen molar-refractivity contribution in [3.8, 4) is 0 Å². The Balaban J connectivity index is 1.61. The number of rotatable bonds is 6. The van der Waals surface area contributed by atoms with E-state index in [4.69, 9.17) is 3.63 Å². The first-order valence-corrected chi connectivity index (χ1v) is 13.5. The zero-order valence-electron chi connectivity index (χ0n) is 17.0. The van der Waals surface area contributed by atoms with Crippen LogP contribution >= 0.6 is 10.3 Å². The predicted molar refractivity (Wildman–Crippen MR) is 119 cm³/mol. The molecular formula is C23H21F3O4S2. The standard InChI is InChI=1S/C23H21F3O4S2/c24-23(25,26)18-10-12-19(13-11-18)32(28,29)30-31(14-3-4-15-31)16-22(27)21-9-5-7-17-6-1-2-8-20(17)21/h1-2,5-13H,3-4,14-16H2. The van der Waals surface area contributed by atoms with Crippen molar-refractivity contribution >= 4 is 37.0 Å². The molecule has 4 rings (SSSR count). The summed E-state index contributed by atoms with van der Waals surface area (Å²) in [5.74, 6) is 0.689. The lowest BCUT2D eigenvalue weighted by atomic mass is 10.0. The normalized spacial score (nSPS) is 17.3. The summed E-state index contributed by atoms with van der Waals surface area (Å²) in [4.78, 5) is 12.9. The number of alkyl halides is 3. The summed E-state index contributed by atoms with van der Waals surface area (Å²) >= 11 is 0. The molecule has 0 aliphatic carbocycles. The van der Waals surface area contributed by atoms with E-state index >= 15 is 0 Å². The maximum atomic E-state index is 13.2. The molecule has 0 atom stereocenters. The van der Waals surface area contributed by atoms with E-state index in [-0.39, 0.29) is 16.4 Å². The number of carbonyl (C=O) groups is 1. The lowest BCUT2D eigenvalue weighted by Gasteiger charge is -2.33. The van der Waals surface area contributed by atoms with Gasteiger partial charge in [0.05, 0.1) is 16.2 Å². The average molecular weight is 483 g/mol. The molecule has 4 nitrogen and oxygen atoms in total. The topological polar surface area (TPSA) is 60.4 Å². The largest absolute Gasteiger partial charge is 0.416 e. The van der Waals surface area contributed by atoms with Crippen molar-refractivity contribution in [2.24, 2.45) is 0 Å². The second-order valence-corrected chi connectivity index (χ2v) is 12.7. The van der Waals surface area contributed by atoms with Crippen LogP contribution in [0.3, 0.4) is 0 Å². The number of ketones is 1. The van der Waals surface area contributed by atoms with Crippen molar-refractivity contribution in [3.05, 3.63) is 77.9 Å². The van der Waals surface area contributed by atoms with Crippen LogP contribution in [0.4, 0.5) is 13.2 Å². The van der Waals surface area contributed by atoms with E-state index in [0.29, 0.717) is 29.2 Å². The third-order valence-corrected chi connectivity index (χ3v) is 11.0. The van der Waals surface area contributed by atoms with Crippen molar-refractivity contribution in [1.29, 1.82) is 0 Å². The van der Waals surface area contributed by atoms with Crippen molar-refractivity contribution in [2.45, 2.75) is 23.9 Å². The second kappa shape index (κ2) is 8.53. The van der Waals surface area contributed by atoms with Crippen molar-refractivity contribution in [1.82, 2.24) is 0 Å². The summed E-state index contributed by atoms with van der Waals surface area (Å²) < 4.78 is 69.9. The van der Waals surface area contributed by atoms with Crippen LogP contribution in [0.15, 0.2) is 71.6 Å². The number of hydrogen-bond donors (Lipinski definition) is 0. The van der Waals surface area contributed by atoms with Gasteiger partial charge in [-0.3, -0.25) is 4.79 Å². The molecule has 1 aliphatic heterocycles. The number of halogens is 3. The molecule has 170 valence electrons. The SMILES string of the molecule is O=C(CS1(OS(=O)(=O)c2ccc(C(F)(F)F)cc2)CCCC1)c1cccc2ccccc12. The minimum atomic E-state index is -4.56. The van der Waals surface area contributed by atoms with E-state index < -0.39 is 32.2 Å². The van der Waals surface area contributed by atoms with Crippen LogP contribution in [0.2, 0.25) is 0 Å². The first kappa shape index (κ1) is 22.8. The summed E-state index contributed by atoms with van der Waals surface area (Å²) in [5.41, 5.74) is -0.428. The third kappa shape index (κ3) is 4.69. The predicted octanol–water partition coefficient (Wildman–Crippen LogP) is 5.96. The second-order valence-electron chi connectivity index (χ2n) is 7.72. The highest BCUT2D eigenvalue weighted by molar-refractivity contribution is 8.33. The smallest absolute Gasteiger partial charge is 0.293 e. The van der Waals surface area contributed by atoms with Gasteiger partial charge in [-0.25, -0.2) is 3.63 Å². The fourth-order valence-corrected chi connectivity index (χ4v) is 9.52. The fraction of sp³-hybridized carbons (Fsp3) is 0.261. The molecule has 1 fully saturated rings. The molecule has 9 heteroatoms. The van der Waals surface area contributed by atoms with Crippen LogP contribution in [0.25, 0.3) is 10.8 Å². The molecule has 0 aromatic heterocycles. The highest BCUT2D eigenvalue weighted by Crippen LogP contribution is 2.57. The van der Waals surface area contributed by atoms with Gasteiger partial charge in [0, 0.05) is 17.1 Å². The number of fused-ring (bicyclic) bond motifs is 1. The Hall–Kier alpha value is -2.36. The molecule has 0 bridgehead atoms. The van der Waals surface area contributed by atoms with Crippen LogP contribution in [0.5, 0.6) is 0 Å². The Morgan fingerprint density at radius 1 is 0.906 bits per heavy atom. The maximum Gasteiger partial charge on any atom is 0.416 e. The lowest BCUT2D eigenvalue weighted by Crippen LogP contribution is -2.22.